The van der Waals surface area contributed by atoms with E-state index in [1.165, 1.54) is 11.6 Å². The molecule has 0 spiro atoms. The first-order valence-electron chi connectivity index (χ1n) is 9.11. The van der Waals surface area contributed by atoms with E-state index in [-0.39, 0.29) is 11.0 Å². The third-order valence-electron chi connectivity index (χ3n) is 4.93. The fourth-order valence-electron chi connectivity index (χ4n) is 3.28. The first-order chi connectivity index (χ1) is 13.3. The quantitative estimate of drug-likeness (QED) is 0.674. The van der Waals surface area contributed by atoms with Gasteiger partial charge in [-0.3, -0.25) is 9.59 Å². The molecule has 0 aliphatic carbocycles. The van der Waals surface area contributed by atoms with E-state index >= 15 is 0 Å². The van der Waals surface area contributed by atoms with Crippen molar-refractivity contribution < 1.29 is 4.79 Å². The molecular formula is C23H23ClN2O2. The van der Waals surface area contributed by atoms with Crippen LogP contribution in [-0.2, 0) is 6.54 Å². The van der Waals surface area contributed by atoms with Crippen molar-refractivity contribution in [1.29, 1.82) is 0 Å². The van der Waals surface area contributed by atoms with Crippen molar-refractivity contribution in [2.75, 3.05) is 5.32 Å². The second-order valence-corrected chi connectivity index (χ2v) is 7.48. The molecule has 1 N–H and O–H groups in total. The van der Waals surface area contributed by atoms with Crippen LogP contribution in [0.25, 0.3) is 0 Å². The highest BCUT2D eigenvalue weighted by Crippen LogP contribution is 2.26. The summed E-state index contributed by atoms with van der Waals surface area (Å²) >= 11 is 6.22. The number of benzene rings is 2. The van der Waals surface area contributed by atoms with Gasteiger partial charge in [-0.15, -0.1) is 0 Å². The van der Waals surface area contributed by atoms with E-state index in [1.54, 1.807) is 13.0 Å². The number of pyridine rings is 1. The lowest BCUT2D eigenvalue weighted by Gasteiger charge is -2.18. The highest BCUT2D eigenvalue weighted by atomic mass is 35.5. The lowest BCUT2D eigenvalue weighted by molar-refractivity contribution is 0.102. The van der Waals surface area contributed by atoms with Gasteiger partial charge < -0.3 is 9.88 Å². The molecule has 1 heterocycles. The number of nitrogens with zero attached hydrogens (tertiary/aromatic N) is 1. The number of aryl methyl sites for hydroxylation is 3. The van der Waals surface area contributed by atoms with Gasteiger partial charge in [0.05, 0.1) is 10.7 Å². The number of anilines is 1. The van der Waals surface area contributed by atoms with Crippen LogP contribution in [0, 0.1) is 27.7 Å². The lowest BCUT2D eigenvalue weighted by atomic mass is 10.1. The molecule has 5 heteroatoms. The average Bonchev–Trinajstić information content (AvgIpc) is 2.63. The minimum absolute atomic E-state index is 0.136. The van der Waals surface area contributed by atoms with Crippen molar-refractivity contribution in [2.45, 2.75) is 34.2 Å². The van der Waals surface area contributed by atoms with E-state index in [0.717, 1.165) is 16.8 Å². The lowest BCUT2D eigenvalue weighted by Crippen LogP contribution is -2.27. The van der Waals surface area contributed by atoms with Crippen LogP contribution >= 0.6 is 11.6 Å². The first-order valence-corrected chi connectivity index (χ1v) is 9.48. The van der Waals surface area contributed by atoms with Crippen LogP contribution in [0.5, 0.6) is 0 Å². The SMILES string of the molecule is Cc1ccc(Cn2c(C)cc(=O)c(C(=O)Nc3c(C)cccc3Cl)c2C)cc1. The number of carbonyl (C=O) groups excluding carboxylic acids is 1. The van der Waals surface area contributed by atoms with Gasteiger partial charge in [-0.1, -0.05) is 53.6 Å². The predicted octanol–water partition coefficient (Wildman–Crippen LogP) is 5.04. The molecule has 2 aromatic carbocycles. The van der Waals surface area contributed by atoms with Gasteiger partial charge in [0.1, 0.15) is 5.56 Å². The molecule has 0 atom stereocenters. The summed E-state index contributed by atoms with van der Waals surface area (Å²) < 4.78 is 1.99. The molecule has 0 saturated heterocycles. The fraction of sp³-hybridized carbons (Fsp3) is 0.217. The molecule has 0 saturated carbocycles. The van der Waals surface area contributed by atoms with Crippen molar-refractivity contribution in [2.24, 2.45) is 0 Å². The van der Waals surface area contributed by atoms with E-state index in [1.807, 2.05) is 37.5 Å². The minimum atomic E-state index is -0.448. The van der Waals surface area contributed by atoms with Crippen LogP contribution < -0.4 is 10.7 Å². The molecule has 3 aromatic rings. The van der Waals surface area contributed by atoms with Crippen LogP contribution in [0.3, 0.4) is 0 Å². The third-order valence-corrected chi connectivity index (χ3v) is 5.24. The van der Waals surface area contributed by atoms with E-state index in [9.17, 15) is 9.59 Å². The standard InChI is InChI=1S/C23H23ClN2O2/c1-14-8-10-18(11-9-14)13-26-16(3)12-20(27)21(17(26)4)23(28)25-22-15(2)6-5-7-19(22)24/h5-12H,13H2,1-4H3,(H,25,28). The van der Waals surface area contributed by atoms with Crippen LogP contribution in [0.4, 0.5) is 5.69 Å². The zero-order valence-electron chi connectivity index (χ0n) is 16.5. The van der Waals surface area contributed by atoms with Gasteiger partial charge in [0.15, 0.2) is 5.43 Å². The zero-order chi connectivity index (χ0) is 20.4. The topological polar surface area (TPSA) is 51.1 Å². The van der Waals surface area contributed by atoms with Gasteiger partial charge >= 0.3 is 0 Å². The Morgan fingerprint density at radius 3 is 2.36 bits per heavy atom. The Balaban J connectivity index is 2.00. The molecule has 144 valence electrons. The number of carbonyl (C=O) groups is 1. The fourth-order valence-corrected chi connectivity index (χ4v) is 3.55. The highest BCUT2D eigenvalue weighted by Gasteiger charge is 2.19. The summed E-state index contributed by atoms with van der Waals surface area (Å²) in [6, 6.07) is 15.1. The molecule has 0 aliphatic heterocycles. The third kappa shape index (κ3) is 4.02. The molecule has 0 unspecified atom stereocenters. The molecular weight excluding hydrogens is 372 g/mol. The normalized spacial score (nSPS) is 10.8. The number of nitrogens with one attached hydrogen (secondary N) is 1. The Hall–Kier alpha value is -2.85. The summed E-state index contributed by atoms with van der Waals surface area (Å²) in [7, 11) is 0. The number of para-hydroxylation sites is 1. The molecule has 1 aromatic heterocycles. The maximum absolute atomic E-state index is 12.9. The molecule has 3 rings (SSSR count). The van der Waals surface area contributed by atoms with E-state index in [0.29, 0.717) is 22.9 Å². The predicted molar refractivity (Wildman–Crippen MR) is 115 cm³/mol. The van der Waals surface area contributed by atoms with Crippen molar-refractivity contribution in [1.82, 2.24) is 4.57 Å². The van der Waals surface area contributed by atoms with Gasteiger partial charge in [0, 0.05) is 24.0 Å². The van der Waals surface area contributed by atoms with Gasteiger partial charge in [0.2, 0.25) is 0 Å². The Morgan fingerprint density at radius 1 is 1.04 bits per heavy atom. The summed E-state index contributed by atoms with van der Waals surface area (Å²) in [4.78, 5) is 25.5. The number of rotatable bonds is 4. The minimum Gasteiger partial charge on any atom is -0.344 e. The van der Waals surface area contributed by atoms with Crippen LogP contribution in [0.15, 0.2) is 53.3 Å². The Bertz CT molecular complexity index is 1080. The number of halogens is 1. The number of aromatic nitrogens is 1. The van der Waals surface area contributed by atoms with Gasteiger partial charge in [0.25, 0.3) is 5.91 Å². The van der Waals surface area contributed by atoms with E-state index in [4.69, 9.17) is 11.6 Å². The second-order valence-electron chi connectivity index (χ2n) is 7.07. The zero-order valence-corrected chi connectivity index (χ0v) is 17.2. The second kappa shape index (κ2) is 8.03. The van der Waals surface area contributed by atoms with E-state index in [2.05, 4.69) is 29.6 Å². The van der Waals surface area contributed by atoms with Crippen LogP contribution in [0.1, 0.15) is 38.4 Å². The van der Waals surface area contributed by atoms with Crippen LogP contribution in [0.2, 0.25) is 5.02 Å². The van der Waals surface area contributed by atoms with Gasteiger partial charge in [-0.2, -0.15) is 0 Å². The smallest absolute Gasteiger partial charge is 0.261 e. The first kappa shape index (κ1) is 19.9. The van der Waals surface area contributed by atoms with Crippen molar-refractivity contribution in [3.63, 3.8) is 0 Å². The molecule has 0 radical (unpaired) electrons. The maximum Gasteiger partial charge on any atom is 0.261 e. The molecule has 4 nitrogen and oxygen atoms in total. The Kier molecular flexibility index (Phi) is 5.71. The summed E-state index contributed by atoms with van der Waals surface area (Å²) in [6.45, 7) is 8.17. The van der Waals surface area contributed by atoms with E-state index < -0.39 is 5.91 Å². The summed E-state index contributed by atoms with van der Waals surface area (Å²) in [5.74, 6) is -0.448. The maximum atomic E-state index is 12.9. The van der Waals surface area contributed by atoms with Gasteiger partial charge in [-0.05, 0) is 44.9 Å². The number of hydrogen-bond acceptors (Lipinski definition) is 2. The summed E-state index contributed by atoms with van der Waals surface area (Å²) in [5, 5.41) is 3.25. The molecule has 0 aliphatic rings. The monoisotopic (exact) mass is 394 g/mol. The molecule has 28 heavy (non-hydrogen) atoms. The van der Waals surface area contributed by atoms with Crippen molar-refractivity contribution in [3.05, 3.63) is 97.4 Å². The largest absolute Gasteiger partial charge is 0.344 e. The van der Waals surface area contributed by atoms with Crippen molar-refractivity contribution >= 4 is 23.2 Å². The van der Waals surface area contributed by atoms with Crippen LogP contribution in [-0.4, -0.2) is 10.5 Å². The molecule has 1 amide bonds. The average molecular weight is 395 g/mol. The Labute approximate surface area is 169 Å². The number of hydrogen-bond donors (Lipinski definition) is 1. The van der Waals surface area contributed by atoms with Gasteiger partial charge in [-0.25, -0.2) is 0 Å². The number of amides is 1. The summed E-state index contributed by atoms with van der Waals surface area (Å²) in [6.07, 6.45) is 0. The highest BCUT2D eigenvalue weighted by molar-refractivity contribution is 6.34. The molecule has 0 bridgehead atoms. The summed E-state index contributed by atoms with van der Waals surface area (Å²) in [5.41, 5.74) is 4.95. The molecule has 0 fully saturated rings. The Morgan fingerprint density at radius 2 is 1.71 bits per heavy atom. The van der Waals surface area contributed by atoms with Crippen molar-refractivity contribution in [3.8, 4) is 0 Å².